The normalized spacial score (nSPS) is 17.4. The Labute approximate surface area is 118 Å². The Hall–Kier alpha value is -1.94. The van der Waals surface area contributed by atoms with Gasteiger partial charge in [0.1, 0.15) is 0 Å². The van der Waals surface area contributed by atoms with Crippen molar-refractivity contribution in [1.29, 1.82) is 0 Å². The standard InChI is InChI=1S/C16H18N2O2/c1-18-6-4-11(5-7-18)14-9-13-8-12(16(19)20)2-3-15(13)17-10-14/h2-3,8-11H,4-7H2,1H3,(H,19,20). The number of nitrogens with zero attached hydrogens (tertiary/aromatic N) is 2. The van der Waals surface area contributed by atoms with Gasteiger partial charge in [0.25, 0.3) is 0 Å². The minimum absolute atomic E-state index is 0.319. The molecule has 2 aromatic rings. The summed E-state index contributed by atoms with van der Waals surface area (Å²) in [6.07, 6.45) is 4.23. The van der Waals surface area contributed by atoms with E-state index >= 15 is 0 Å². The van der Waals surface area contributed by atoms with Gasteiger partial charge in [-0.15, -0.1) is 0 Å². The van der Waals surface area contributed by atoms with Gasteiger partial charge in [-0.05, 0) is 68.7 Å². The van der Waals surface area contributed by atoms with E-state index in [0.717, 1.165) is 36.8 Å². The number of carboxylic acid groups (broad SMARTS) is 1. The van der Waals surface area contributed by atoms with E-state index in [0.29, 0.717) is 11.5 Å². The van der Waals surface area contributed by atoms with E-state index in [9.17, 15) is 4.79 Å². The predicted octanol–water partition coefficient (Wildman–Crippen LogP) is 2.74. The Balaban J connectivity index is 1.94. The second-order valence-electron chi connectivity index (χ2n) is 5.56. The summed E-state index contributed by atoms with van der Waals surface area (Å²) in [5.74, 6) is -0.354. The molecule has 3 rings (SSSR count). The zero-order chi connectivity index (χ0) is 14.1. The van der Waals surface area contributed by atoms with Crippen LogP contribution in [0.3, 0.4) is 0 Å². The van der Waals surface area contributed by atoms with Crippen LogP contribution in [-0.2, 0) is 0 Å². The van der Waals surface area contributed by atoms with Crippen LogP contribution in [-0.4, -0.2) is 41.1 Å². The summed E-state index contributed by atoms with van der Waals surface area (Å²) < 4.78 is 0. The van der Waals surface area contributed by atoms with Crippen LogP contribution in [0.2, 0.25) is 0 Å². The summed E-state index contributed by atoms with van der Waals surface area (Å²) in [6.45, 7) is 2.22. The monoisotopic (exact) mass is 270 g/mol. The Morgan fingerprint density at radius 2 is 2.05 bits per heavy atom. The van der Waals surface area contributed by atoms with E-state index in [1.165, 1.54) is 5.56 Å². The molecule has 0 saturated carbocycles. The van der Waals surface area contributed by atoms with Crippen molar-refractivity contribution in [3.05, 3.63) is 41.6 Å². The molecule has 0 aliphatic carbocycles. The van der Waals surface area contributed by atoms with Crippen LogP contribution in [0.25, 0.3) is 10.9 Å². The van der Waals surface area contributed by atoms with Crippen molar-refractivity contribution in [3.8, 4) is 0 Å². The first-order chi connectivity index (χ1) is 9.63. The van der Waals surface area contributed by atoms with Gasteiger partial charge in [-0.3, -0.25) is 4.98 Å². The van der Waals surface area contributed by atoms with Crippen molar-refractivity contribution in [1.82, 2.24) is 9.88 Å². The molecule has 1 saturated heterocycles. The molecule has 1 aliphatic rings. The van der Waals surface area contributed by atoms with Crippen LogP contribution in [0.5, 0.6) is 0 Å². The average molecular weight is 270 g/mol. The Morgan fingerprint density at radius 3 is 2.75 bits per heavy atom. The van der Waals surface area contributed by atoms with Gasteiger partial charge in [0.15, 0.2) is 0 Å². The number of aromatic carboxylic acids is 1. The van der Waals surface area contributed by atoms with Crippen molar-refractivity contribution < 1.29 is 9.90 Å². The summed E-state index contributed by atoms with van der Waals surface area (Å²) in [5, 5.41) is 9.98. The molecule has 1 aliphatic heterocycles. The molecule has 0 spiro atoms. The highest BCUT2D eigenvalue weighted by Crippen LogP contribution is 2.29. The summed E-state index contributed by atoms with van der Waals surface area (Å²) in [7, 11) is 2.15. The van der Waals surface area contributed by atoms with Crippen LogP contribution in [0.4, 0.5) is 0 Å². The highest BCUT2D eigenvalue weighted by Gasteiger charge is 2.19. The highest BCUT2D eigenvalue weighted by atomic mass is 16.4. The quantitative estimate of drug-likeness (QED) is 0.911. The van der Waals surface area contributed by atoms with E-state index in [1.807, 2.05) is 6.20 Å². The molecule has 0 unspecified atom stereocenters. The van der Waals surface area contributed by atoms with E-state index < -0.39 is 5.97 Å². The molecule has 1 aromatic heterocycles. The van der Waals surface area contributed by atoms with Gasteiger partial charge in [-0.25, -0.2) is 4.79 Å². The predicted molar refractivity (Wildman–Crippen MR) is 78.2 cm³/mol. The molecular weight excluding hydrogens is 252 g/mol. The number of fused-ring (bicyclic) bond motifs is 1. The number of hydrogen-bond acceptors (Lipinski definition) is 3. The lowest BCUT2D eigenvalue weighted by atomic mass is 9.90. The molecule has 1 aromatic carbocycles. The van der Waals surface area contributed by atoms with Crippen LogP contribution in [0.1, 0.15) is 34.7 Å². The first-order valence-corrected chi connectivity index (χ1v) is 6.95. The van der Waals surface area contributed by atoms with Crippen molar-refractivity contribution in [2.24, 2.45) is 0 Å². The molecule has 20 heavy (non-hydrogen) atoms. The zero-order valence-corrected chi connectivity index (χ0v) is 11.5. The van der Waals surface area contributed by atoms with Crippen LogP contribution < -0.4 is 0 Å². The number of pyridine rings is 1. The SMILES string of the molecule is CN1CCC(c2cnc3ccc(C(=O)O)cc3c2)CC1. The second kappa shape index (κ2) is 5.21. The van der Waals surface area contributed by atoms with Crippen molar-refractivity contribution in [2.45, 2.75) is 18.8 Å². The summed E-state index contributed by atoms with van der Waals surface area (Å²) >= 11 is 0. The topological polar surface area (TPSA) is 53.4 Å². The van der Waals surface area contributed by atoms with Crippen molar-refractivity contribution >= 4 is 16.9 Å². The summed E-state index contributed by atoms with van der Waals surface area (Å²) in [6, 6.07) is 7.19. The first-order valence-electron chi connectivity index (χ1n) is 6.95. The van der Waals surface area contributed by atoms with E-state index in [4.69, 9.17) is 5.11 Å². The van der Waals surface area contributed by atoms with Crippen molar-refractivity contribution in [2.75, 3.05) is 20.1 Å². The van der Waals surface area contributed by atoms with Gasteiger partial charge in [-0.1, -0.05) is 0 Å². The molecular formula is C16H18N2O2. The summed E-state index contributed by atoms with van der Waals surface area (Å²) in [4.78, 5) is 17.9. The van der Waals surface area contributed by atoms with Crippen LogP contribution >= 0.6 is 0 Å². The Bertz CT molecular complexity index is 646. The minimum Gasteiger partial charge on any atom is -0.478 e. The van der Waals surface area contributed by atoms with E-state index in [2.05, 4.69) is 23.0 Å². The molecule has 104 valence electrons. The lowest BCUT2D eigenvalue weighted by Gasteiger charge is -2.29. The van der Waals surface area contributed by atoms with Gasteiger partial charge in [0.2, 0.25) is 0 Å². The third kappa shape index (κ3) is 2.51. The maximum atomic E-state index is 11.0. The number of hydrogen-bond donors (Lipinski definition) is 1. The van der Waals surface area contributed by atoms with Crippen LogP contribution in [0.15, 0.2) is 30.5 Å². The number of aromatic nitrogens is 1. The van der Waals surface area contributed by atoms with Gasteiger partial charge in [-0.2, -0.15) is 0 Å². The molecule has 2 heterocycles. The molecule has 1 N–H and O–H groups in total. The fourth-order valence-electron chi connectivity index (χ4n) is 2.85. The molecule has 0 bridgehead atoms. The van der Waals surface area contributed by atoms with Gasteiger partial charge in [0, 0.05) is 11.6 Å². The minimum atomic E-state index is -0.892. The van der Waals surface area contributed by atoms with Gasteiger partial charge < -0.3 is 10.0 Å². The molecule has 4 nitrogen and oxygen atoms in total. The van der Waals surface area contributed by atoms with E-state index in [-0.39, 0.29) is 0 Å². The van der Waals surface area contributed by atoms with Crippen molar-refractivity contribution in [3.63, 3.8) is 0 Å². The largest absolute Gasteiger partial charge is 0.478 e. The molecule has 1 fully saturated rings. The number of carbonyl (C=O) groups is 1. The Kier molecular flexibility index (Phi) is 3.40. The maximum Gasteiger partial charge on any atom is 0.335 e. The fourth-order valence-corrected chi connectivity index (χ4v) is 2.85. The molecule has 4 heteroatoms. The fraction of sp³-hybridized carbons (Fsp3) is 0.375. The Morgan fingerprint density at radius 1 is 1.30 bits per heavy atom. The molecule has 0 atom stereocenters. The average Bonchev–Trinajstić information content (AvgIpc) is 2.47. The van der Waals surface area contributed by atoms with Gasteiger partial charge in [0.05, 0.1) is 11.1 Å². The third-order valence-corrected chi connectivity index (χ3v) is 4.14. The summed E-state index contributed by atoms with van der Waals surface area (Å²) in [5.41, 5.74) is 2.40. The number of likely N-dealkylation sites (tertiary alicyclic amines) is 1. The number of benzene rings is 1. The number of carboxylic acids is 1. The number of rotatable bonds is 2. The maximum absolute atomic E-state index is 11.0. The third-order valence-electron chi connectivity index (χ3n) is 4.14. The van der Waals surface area contributed by atoms with E-state index in [1.54, 1.807) is 18.2 Å². The second-order valence-corrected chi connectivity index (χ2v) is 5.56. The van der Waals surface area contributed by atoms with Gasteiger partial charge >= 0.3 is 5.97 Å². The molecule has 0 amide bonds. The van der Waals surface area contributed by atoms with Crippen LogP contribution in [0, 0.1) is 0 Å². The molecule has 0 radical (unpaired) electrons. The zero-order valence-electron chi connectivity index (χ0n) is 11.5. The smallest absolute Gasteiger partial charge is 0.335 e. The number of piperidine rings is 1. The first kappa shape index (κ1) is 13.1. The lowest BCUT2D eigenvalue weighted by molar-refractivity contribution is 0.0697. The lowest BCUT2D eigenvalue weighted by Crippen LogP contribution is -2.29. The highest BCUT2D eigenvalue weighted by molar-refractivity contribution is 5.93.